The number of likely N-dealkylation sites (tertiary alicyclic amines) is 1. The fourth-order valence-electron chi connectivity index (χ4n) is 2.58. The van der Waals surface area contributed by atoms with Crippen molar-refractivity contribution in [2.75, 3.05) is 32.1 Å². The van der Waals surface area contributed by atoms with E-state index in [1.54, 1.807) is 50.1 Å². The maximum Gasteiger partial charge on any atom is 0.338 e. The van der Waals surface area contributed by atoms with E-state index < -0.39 is 5.97 Å². The molecule has 0 bridgehead atoms. The van der Waals surface area contributed by atoms with Gasteiger partial charge in [0.15, 0.2) is 0 Å². The van der Waals surface area contributed by atoms with Crippen molar-refractivity contribution >= 4 is 23.5 Å². The van der Waals surface area contributed by atoms with Gasteiger partial charge in [-0.25, -0.2) is 4.79 Å². The van der Waals surface area contributed by atoms with Crippen LogP contribution < -0.4 is 5.32 Å². The van der Waals surface area contributed by atoms with Gasteiger partial charge in [-0.05, 0) is 38.1 Å². The number of carbonyl (C=O) groups is 3. The maximum atomic E-state index is 12.3. The predicted molar refractivity (Wildman–Crippen MR) is 92.2 cm³/mol. The highest BCUT2D eigenvalue weighted by molar-refractivity contribution is 5.97. The van der Waals surface area contributed by atoms with Gasteiger partial charge in [0.05, 0.1) is 24.2 Å². The maximum absolute atomic E-state index is 12.3. The molecule has 2 rings (SSSR count). The van der Waals surface area contributed by atoms with E-state index in [2.05, 4.69) is 5.32 Å². The number of amides is 2. The summed E-state index contributed by atoms with van der Waals surface area (Å²) in [7, 11) is 1.57. The van der Waals surface area contributed by atoms with Crippen LogP contribution in [0.4, 0.5) is 5.69 Å². The van der Waals surface area contributed by atoms with Crippen LogP contribution in [-0.4, -0.2) is 55.6 Å². The topological polar surface area (TPSA) is 84.9 Å². The Balaban J connectivity index is 1.90. The first kappa shape index (κ1) is 18.9. The summed E-state index contributed by atoms with van der Waals surface area (Å²) in [6.45, 7) is 4.91. The molecule has 136 valence electrons. The third-order valence-electron chi connectivity index (χ3n) is 3.88. The molecule has 1 atom stereocenters. The summed E-state index contributed by atoms with van der Waals surface area (Å²) >= 11 is 0. The van der Waals surface area contributed by atoms with Crippen LogP contribution in [0.15, 0.2) is 24.3 Å². The van der Waals surface area contributed by atoms with Crippen molar-refractivity contribution in [1.29, 1.82) is 0 Å². The van der Waals surface area contributed by atoms with Crippen LogP contribution >= 0.6 is 0 Å². The molecular weight excluding hydrogens is 324 g/mol. The molecule has 1 heterocycles. The summed E-state index contributed by atoms with van der Waals surface area (Å²) in [5.74, 6) is -1.02. The van der Waals surface area contributed by atoms with E-state index in [1.165, 1.54) is 0 Å². The molecule has 0 saturated carbocycles. The second-order valence-electron chi connectivity index (χ2n) is 6.25. The van der Waals surface area contributed by atoms with E-state index in [0.717, 1.165) is 0 Å². The number of ether oxygens (including phenoxy) is 2. The van der Waals surface area contributed by atoms with Crippen LogP contribution in [0, 0.1) is 5.92 Å². The number of hydrogen-bond donors (Lipinski definition) is 1. The fourth-order valence-corrected chi connectivity index (χ4v) is 2.58. The van der Waals surface area contributed by atoms with Crippen LogP contribution in [-0.2, 0) is 19.1 Å². The van der Waals surface area contributed by atoms with E-state index in [-0.39, 0.29) is 30.3 Å². The molecule has 0 radical (unpaired) electrons. The van der Waals surface area contributed by atoms with E-state index in [4.69, 9.17) is 9.47 Å². The van der Waals surface area contributed by atoms with Gasteiger partial charge in [-0.3, -0.25) is 9.59 Å². The molecule has 1 fully saturated rings. The first-order valence-electron chi connectivity index (χ1n) is 8.29. The first-order chi connectivity index (χ1) is 11.9. The Labute approximate surface area is 147 Å². The molecule has 2 amide bonds. The van der Waals surface area contributed by atoms with Crippen molar-refractivity contribution in [3.63, 3.8) is 0 Å². The van der Waals surface area contributed by atoms with Crippen LogP contribution in [0.3, 0.4) is 0 Å². The number of nitrogens with zero attached hydrogens (tertiary/aromatic N) is 1. The molecule has 0 aliphatic carbocycles. The van der Waals surface area contributed by atoms with Crippen LogP contribution in [0.1, 0.15) is 30.6 Å². The highest BCUT2D eigenvalue weighted by Gasteiger charge is 2.33. The fraction of sp³-hybridized carbons (Fsp3) is 0.500. The van der Waals surface area contributed by atoms with Crippen LogP contribution in [0.5, 0.6) is 0 Å². The number of anilines is 1. The molecule has 1 aliphatic rings. The minimum Gasteiger partial charge on any atom is -0.459 e. The van der Waals surface area contributed by atoms with Gasteiger partial charge in [0.1, 0.15) is 0 Å². The summed E-state index contributed by atoms with van der Waals surface area (Å²) in [6, 6.07) is 6.50. The Morgan fingerprint density at radius 1 is 1.28 bits per heavy atom. The van der Waals surface area contributed by atoms with E-state index in [9.17, 15) is 14.4 Å². The Hall–Kier alpha value is -2.41. The number of nitrogens with one attached hydrogen (secondary N) is 1. The van der Waals surface area contributed by atoms with Crippen molar-refractivity contribution in [2.24, 2.45) is 5.92 Å². The largest absolute Gasteiger partial charge is 0.459 e. The number of methoxy groups -OCH3 is 1. The third-order valence-corrected chi connectivity index (χ3v) is 3.88. The van der Waals surface area contributed by atoms with Crippen molar-refractivity contribution in [3.05, 3.63) is 29.8 Å². The average Bonchev–Trinajstić information content (AvgIpc) is 2.94. The minimum absolute atomic E-state index is 0.0380. The highest BCUT2D eigenvalue weighted by Crippen LogP contribution is 2.20. The zero-order valence-corrected chi connectivity index (χ0v) is 14.8. The smallest absolute Gasteiger partial charge is 0.338 e. The molecule has 1 aromatic carbocycles. The average molecular weight is 348 g/mol. The summed E-state index contributed by atoms with van der Waals surface area (Å²) in [6.07, 6.45) is 0.0155. The van der Waals surface area contributed by atoms with Gasteiger partial charge < -0.3 is 19.7 Å². The zero-order chi connectivity index (χ0) is 18.4. The van der Waals surface area contributed by atoms with Gasteiger partial charge in [-0.1, -0.05) is 0 Å². The van der Waals surface area contributed by atoms with Gasteiger partial charge >= 0.3 is 5.97 Å². The predicted octanol–water partition coefficient (Wildman–Crippen LogP) is 1.69. The molecule has 7 heteroatoms. The van der Waals surface area contributed by atoms with Crippen molar-refractivity contribution < 1.29 is 23.9 Å². The Morgan fingerprint density at radius 3 is 2.56 bits per heavy atom. The molecular formula is C18H24N2O5. The number of rotatable bonds is 7. The van der Waals surface area contributed by atoms with Gasteiger partial charge in [-0.2, -0.15) is 0 Å². The molecule has 25 heavy (non-hydrogen) atoms. The van der Waals surface area contributed by atoms with Gasteiger partial charge in [0.25, 0.3) is 0 Å². The first-order valence-corrected chi connectivity index (χ1v) is 8.29. The van der Waals surface area contributed by atoms with Crippen molar-refractivity contribution in [3.8, 4) is 0 Å². The van der Waals surface area contributed by atoms with Gasteiger partial charge in [0, 0.05) is 32.3 Å². The lowest BCUT2D eigenvalue weighted by molar-refractivity contribution is -0.128. The lowest BCUT2D eigenvalue weighted by Gasteiger charge is -2.16. The van der Waals surface area contributed by atoms with Crippen molar-refractivity contribution in [1.82, 2.24) is 4.90 Å². The second-order valence-corrected chi connectivity index (χ2v) is 6.25. The van der Waals surface area contributed by atoms with E-state index in [0.29, 0.717) is 30.9 Å². The SMILES string of the molecule is COCCN1CC(C(=O)Nc2ccc(C(=O)OC(C)C)cc2)CC1=O. The molecule has 1 N–H and O–H groups in total. The Bertz CT molecular complexity index is 627. The lowest BCUT2D eigenvalue weighted by Crippen LogP contribution is -2.30. The standard InChI is InChI=1S/C18H24N2O5/c1-12(2)25-18(23)13-4-6-15(7-5-13)19-17(22)14-10-16(21)20(11-14)8-9-24-3/h4-7,12,14H,8-11H2,1-3H3,(H,19,22). The number of esters is 1. The molecule has 1 unspecified atom stereocenters. The second kappa shape index (κ2) is 8.62. The summed E-state index contributed by atoms with van der Waals surface area (Å²) < 4.78 is 10.1. The molecule has 0 aromatic heterocycles. The Kier molecular flexibility index (Phi) is 6.52. The Morgan fingerprint density at radius 2 is 1.96 bits per heavy atom. The molecule has 0 spiro atoms. The van der Waals surface area contributed by atoms with Crippen LogP contribution in [0.25, 0.3) is 0 Å². The third kappa shape index (κ3) is 5.29. The summed E-state index contributed by atoms with van der Waals surface area (Å²) in [5, 5.41) is 2.79. The highest BCUT2D eigenvalue weighted by atomic mass is 16.5. The molecule has 7 nitrogen and oxygen atoms in total. The van der Waals surface area contributed by atoms with Crippen LogP contribution in [0.2, 0.25) is 0 Å². The van der Waals surface area contributed by atoms with E-state index >= 15 is 0 Å². The zero-order valence-electron chi connectivity index (χ0n) is 14.8. The lowest BCUT2D eigenvalue weighted by atomic mass is 10.1. The summed E-state index contributed by atoms with van der Waals surface area (Å²) in [5.41, 5.74) is 1.00. The molecule has 1 saturated heterocycles. The van der Waals surface area contributed by atoms with Crippen molar-refractivity contribution in [2.45, 2.75) is 26.4 Å². The molecule has 1 aliphatic heterocycles. The minimum atomic E-state index is -0.400. The quantitative estimate of drug-likeness (QED) is 0.758. The monoisotopic (exact) mass is 348 g/mol. The number of carbonyl (C=O) groups excluding carboxylic acids is 3. The number of benzene rings is 1. The molecule has 1 aromatic rings. The summed E-state index contributed by atoms with van der Waals surface area (Å²) in [4.78, 5) is 37.7. The van der Waals surface area contributed by atoms with Gasteiger partial charge in [-0.15, -0.1) is 0 Å². The number of hydrogen-bond acceptors (Lipinski definition) is 5. The van der Waals surface area contributed by atoms with E-state index in [1.807, 2.05) is 0 Å². The normalized spacial score (nSPS) is 17.0. The van der Waals surface area contributed by atoms with Gasteiger partial charge in [0.2, 0.25) is 11.8 Å².